The molecule has 3 aromatic rings. The molecule has 0 amide bonds. The first-order valence-corrected chi connectivity index (χ1v) is 10.9. The van der Waals surface area contributed by atoms with E-state index in [1.165, 1.54) is 5.56 Å². The molecule has 0 saturated heterocycles. The SMILES string of the molecule is Cc1cc(C)c(S(=O)(=O)Nc2ccc3oc4c(c3c2)CC(C)CC4)c(C)c1. The van der Waals surface area contributed by atoms with Crippen molar-refractivity contribution in [3.8, 4) is 0 Å². The van der Waals surface area contributed by atoms with Gasteiger partial charge in [-0.2, -0.15) is 0 Å². The van der Waals surface area contributed by atoms with Gasteiger partial charge in [-0.15, -0.1) is 0 Å². The fourth-order valence-corrected chi connectivity index (χ4v) is 5.82. The molecule has 1 aliphatic carbocycles. The topological polar surface area (TPSA) is 59.3 Å². The van der Waals surface area contributed by atoms with E-state index in [1.807, 2.05) is 45.0 Å². The summed E-state index contributed by atoms with van der Waals surface area (Å²) in [5, 5.41) is 1.02. The van der Waals surface area contributed by atoms with Crippen LogP contribution in [0.15, 0.2) is 39.6 Å². The highest BCUT2D eigenvalue weighted by Gasteiger charge is 2.24. The zero-order chi connectivity index (χ0) is 19.3. The lowest BCUT2D eigenvalue weighted by Gasteiger charge is -2.17. The number of hydrogen-bond acceptors (Lipinski definition) is 3. The summed E-state index contributed by atoms with van der Waals surface area (Å²) in [6.07, 6.45) is 3.07. The minimum Gasteiger partial charge on any atom is -0.461 e. The lowest BCUT2D eigenvalue weighted by molar-refractivity contribution is 0.438. The molecule has 1 heterocycles. The molecule has 1 N–H and O–H groups in total. The molecule has 1 aromatic heterocycles. The lowest BCUT2D eigenvalue weighted by atomic mass is 9.88. The van der Waals surface area contributed by atoms with Gasteiger partial charge in [-0.3, -0.25) is 4.72 Å². The largest absolute Gasteiger partial charge is 0.461 e. The normalized spacial score (nSPS) is 17.1. The zero-order valence-corrected chi connectivity index (χ0v) is 17.0. The molecular weight excluding hydrogens is 358 g/mol. The van der Waals surface area contributed by atoms with E-state index < -0.39 is 10.0 Å². The van der Waals surface area contributed by atoms with Crippen LogP contribution in [0.1, 0.15) is 41.4 Å². The van der Waals surface area contributed by atoms with Crippen molar-refractivity contribution in [2.45, 2.75) is 51.9 Å². The Kier molecular flexibility index (Phi) is 4.30. The molecule has 1 unspecified atom stereocenters. The van der Waals surface area contributed by atoms with Crippen LogP contribution in [0.25, 0.3) is 11.0 Å². The Morgan fingerprint density at radius 3 is 2.48 bits per heavy atom. The fourth-order valence-electron chi connectivity index (χ4n) is 4.31. The van der Waals surface area contributed by atoms with E-state index in [0.29, 0.717) is 16.5 Å². The van der Waals surface area contributed by atoms with Crippen molar-refractivity contribution in [1.82, 2.24) is 0 Å². The van der Waals surface area contributed by atoms with Gasteiger partial charge >= 0.3 is 0 Å². The Morgan fingerprint density at radius 1 is 1.07 bits per heavy atom. The summed E-state index contributed by atoms with van der Waals surface area (Å²) in [5.41, 5.74) is 5.21. The maximum absolute atomic E-state index is 13.0. The molecule has 0 saturated carbocycles. The van der Waals surface area contributed by atoms with Crippen LogP contribution in [0, 0.1) is 26.7 Å². The maximum Gasteiger partial charge on any atom is 0.262 e. The Labute approximate surface area is 160 Å². The molecule has 2 aromatic carbocycles. The molecule has 4 rings (SSSR count). The summed E-state index contributed by atoms with van der Waals surface area (Å²) in [6, 6.07) is 9.35. The number of aryl methyl sites for hydroxylation is 4. The van der Waals surface area contributed by atoms with E-state index in [9.17, 15) is 8.42 Å². The number of benzene rings is 2. The smallest absolute Gasteiger partial charge is 0.262 e. The Morgan fingerprint density at radius 2 is 1.78 bits per heavy atom. The first-order valence-electron chi connectivity index (χ1n) is 9.39. The average Bonchev–Trinajstić information content (AvgIpc) is 2.90. The van der Waals surface area contributed by atoms with E-state index in [2.05, 4.69) is 11.6 Å². The maximum atomic E-state index is 13.0. The minimum absolute atomic E-state index is 0.357. The summed E-state index contributed by atoms with van der Waals surface area (Å²) < 4.78 is 34.8. The quantitative estimate of drug-likeness (QED) is 0.669. The van der Waals surface area contributed by atoms with Gasteiger partial charge < -0.3 is 4.42 Å². The average molecular weight is 384 g/mol. The van der Waals surface area contributed by atoms with Gasteiger partial charge in [0.2, 0.25) is 0 Å². The van der Waals surface area contributed by atoms with Crippen LogP contribution in [0.5, 0.6) is 0 Å². The standard InChI is InChI=1S/C22H25NO3S/c1-13-5-7-20-18(11-13)19-12-17(6-8-21(19)26-20)23-27(24,25)22-15(3)9-14(2)10-16(22)4/h6,8-10,12-13,23H,5,7,11H2,1-4H3. The first-order chi connectivity index (χ1) is 12.7. The highest BCUT2D eigenvalue weighted by Crippen LogP contribution is 2.36. The highest BCUT2D eigenvalue weighted by molar-refractivity contribution is 7.92. The van der Waals surface area contributed by atoms with Gasteiger partial charge in [-0.1, -0.05) is 24.6 Å². The second-order valence-electron chi connectivity index (χ2n) is 7.90. The molecule has 1 aliphatic rings. The second kappa shape index (κ2) is 6.41. The number of fused-ring (bicyclic) bond motifs is 3. The van der Waals surface area contributed by atoms with Crippen LogP contribution < -0.4 is 4.72 Å². The van der Waals surface area contributed by atoms with Crippen LogP contribution in [-0.2, 0) is 22.9 Å². The van der Waals surface area contributed by atoms with Gasteiger partial charge in [0.25, 0.3) is 10.0 Å². The third-order valence-corrected chi connectivity index (χ3v) is 7.10. The molecule has 5 heteroatoms. The third kappa shape index (κ3) is 3.25. The Bertz CT molecular complexity index is 1120. The third-order valence-electron chi connectivity index (χ3n) is 5.42. The molecule has 4 nitrogen and oxygen atoms in total. The number of nitrogens with one attached hydrogen (secondary N) is 1. The van der Waals surface area contributed by atoms with Crippen LogP contribution in [0.4, 0.5) is 5.69 Å². The Balaban J connectivity index is 1.74. The predicted molar refractivity (Wildman–Crippen MR) is 109 cm³/mol. The first kappa shape index (κ1) is 18.1. The summed E-state index contributed by atoms with van der Waals surface area (Å²) in [6.45, 7) is 7.90. The van der Waals surface area contributed by atoms with Gasteiger partial charge in [0.15, 0.2) is 0 Å². The molecule has 1 atom stereocenters. The van der Waals surface area contributed by atoms with Gasteiger partial charge in [-0.25, -0.2) is 8.42 Å². The Hall–Kier alpha value is -2.27. The number of rotatable bonds is 3. The lowest BCUT2D eigenvalue weighted by Crippen LogP contribution is -2.16. The molecule has 0 bridgehead atoms. The van der Waals surface area contributed by atoms with Crippen molar-refractivity contribution in [2.24, 2.45) is 5.92 Å². The number of furan rings is 1. The minimum atomic E-state index is -3.66. The molecule has 0 fully saturated rings. The van der Waals surface area contributed by atoms with Crippen molar-refractivity contribution in [3.63, 3.8) is 0 Å². The van der Waals surface area contributed by atoms with Crippen molar-refractivity contribution >= 4 is 26.7 Å². The van der Waals surface area contributed by atoms with Crippen LogP contribution >= 0.6 is 0 Å². The van der Waals surface area contributed by atoms with Crippen molar-refractivity contribution in [3.05, 3.63) is 58.3 Å². The van der Waals surface area contributed by atoms with Gasteiger partial charge in [0.05, 0.1) is 4.90 Å². The predicted octanol–water partition coefficient (Wildman–Crippen LogP) is 5.28. The van der Waals surface area contributed by atoms with E-state index in [4.69, 9.17) is 4.42 Å². The molecular formula is C22H25NO3S. The fraction of sp³-hybridized carbons (Fsp3) is 0.364. The second-order valence-corrected chi connectivity index (χ2v) is 9.52. The van der Waals surface area contributed by atoms with E-state index >= 15 is 0 Å². The number of anilines is 1. The van der Waals surface area contributed by atoms with Crippen molar-refractivity contribution in [2.75, 3.05) is 4.72 Å². The van der Waals surface area contributed by atoms with E-state index in [0.717, 1.165) is 52.7 Å². The van der Waals surface area contributed by atoms with Gasteiger partial charge in [0, 0.05) is 23.1 Å². The van der Waals surface area contributed by atoms with E-state index in [1.54, 1.807) is 6.07 Å². The van der Waals surface area contributed by atoms with Gasteiger partial charge in [-0.05, 0) is 68.9 Å². The summed E-state index contributed by atoms with van der Waals surface area (Å²) in [7, 11) is -3.66. The summed E-state index contributed by atoms with van der Waals surface area (Å²) in [4.78, 5) is 0.357. The summed E-state index contributed by atoms with van der Waals surface area (Å²) >= 11 is 0. The molecule has 142 valence electrons. The molecule has 0 spiro atoms. The van der Waals surface area contributed by atoms with Crippen LogP contribution in [0.2, 0.25) is 0 Å². The summed E-state index contributed by atoms with van der Waals surface area (Å²) in [5.74, 6) is 1.67. The van der Waals surface area contributed by atoms with Gasteiger partial charge in [0.1, 0.15) is 11.3 Å². The molecule has 0 radical (unpaired) electrons. The monoisotopic (exact) mass is 383 g/mol. The van der Waals surface area contributed by atoms with Crippen molar-refractivity contribution in [1.29, 1.82) is 0 Å². The highest BCUT2D eigenvalue weighted by atomic mass is 32.2. The van der Waals surface area contributed by atoms with Crippen LogP contribution in [0.3, 0.4) is 0 Å². The number of hydrogen-bond donors (Lipinski definition) is 1. The van der Waals surface area contributed by atoms with E-state index in [-0.39, 0.29) is 0 Å². The number of sulfonamides is 1. The zero-order valence-electron chi connectivity index (χ0n) is 16.2. The van der Waals surface area contributed by atoms with Crippen molar-refractivity contribution < 1.29 is 12.8 Å². The molecule has 27 heavy (non-hydrogen) atoms. The molecule has 0 aliphatic heterocycles. The van der Waals surface area contributed by atoms with Crippen LogP contribution in [-0.4, -0.2) is 8.42 Å².